The van der Waals surface area contributed by atoms with E-state index in [2.05, 4.69) is 29.0 Å². The average molecular weight is 346 g/mol. The van der Waals surface area contributed by atoms with Crippen molar-refractivity contribution in [2.75, 3.05) is 20.1 Å². The monoisotopic (exact) mass is 346 g/mol. The van der Waals surface area contributed by atoms with Crippen LogP contribution in [0.4, 0.5) is 0 Å². The van der Waals surface area contributed by atoms with E-state index >= 15 is 0 Å². The molecule has 0 bridgehead atoms. The number of carbonyl (C=O) groups is 1. The summed E-state index contributed by atoms with van der Waals surface area (Å²) in [6, 6.07) is 5.20. The van der Waals surface area contributed by atoms with Gasteiger partial charge in [0.15, 0.2) is 0 Å². The Labute approximate surface area is 146 Å². The molecule has 7 nitrogen and oxygen atoms in total. The molecule has 7 heteroatoms. The number of fused-ring (bicyclic) bond motifs is 1. The first-order valence-electron chi connectivity index (χ1n) is 8.64. The minimum Gasteiger partial charge on any atom is -0.351 e. The number of aromatic amines is 1. The van der Waals surface area contributed by atoms with Crippen molar-refractivity contribution in [3.05, 3.63) is 44.6 Å². The van der Waals surface area contributed by atoms with Crippen LogP contribution in [0.3, 0.4) is 0 Å². The fourth-order valence-corrected chi connectivity index (χ4v) is 2.66. The van der Waals surface area contributed by atoms with E-state index < -0.39 is 5.69 Å². The van der Waals surface area contributed by atoms with E-state index in [0.29, 0.717) is 35.6 Å². The van der Waals surface area contributed by atoms with Gasteiger partial charge in [-0.1, -0.05) is 6.92 Å². The number of nitrogens with one attached hydrogen (secondary N) is 2. The molecule has 1 heterocycles. The number of nitrogens with zero attached hydrogens (tertiary/aromatic N) is 2. The lowest BCUT2D eigenvalue weighted by Gasteiger charge is -2.23. The maximum Gasteiger partial charge on any atom is 0.328 e. The summed E-state index contributed by atoms with van der Waals surface area (Å²) in [7, 11) is 2.03. The Kier molecular flexibility index (Phi) is 6.14. The van der Waals surface area contributed by atoms with Gasteiger partial charge in [0.05, 0.1) is 10.9 Å². The summed E-state index contributed by atoms with van der Waals surface area (Å²) >= 11 is 0. The van der Waals surface area contributed by atoms with Crippen molar-refractivity contribution in [2.45, 2.75) is 39.8 Å². The quantitative estimate of drug-likeness (QED) is 0.788. The molecule has 2 aromatic rings. The maximum atomic E-state index is 12.3. The highest BCUT2D eigenvalue weighted by Gasteiger charge is 2.11. The second-order valence-electron chi connectivity index (χ2n) is 6.23. The molecule has 0 spiro atoms. The second-order valence-corrected chi connectivity index (χ2v) is 6.23. The van der Waals surface area contributed by atoms with Crippen LogP contribution in [0.2, 0.25) is 0 Å². The number of hydrogen-bond donors (Lipinski definition) is 2. The predicted octanol–water partition coefficient (Wildman–Crippen LogP) is 1.17. The number of aromatic nitrogens is 2. The second kappa shape index (κ2) is 8.11. The standard InChI is InChI=1S/C18H26N4O3/c1-5-12(3)21(4)10-9-19-16(23)13-7-8-14-15(11-13)20-18(25)22(6-2)17(14)24/h7-8,11-12H,5-6,9-10H2,1-4H3,(H,19,23)(H,20,25)/t12-/m0/s1. The van der Waals surface area contributed by atoms with Crippen LogP contribution in [0.1, 0.15) is 37.6 Å². The molecule has 1 aromatic heterocycles. The summed E-state index contributed by atoms with van der Waals surface area (Å²) in [5, 5.41) is 3.27. The van der Waals surface area contributed by atoms with Crippen molar-refractivity contribution in [1.29, 1.82) is 0 Å². The molecular weight excluding hydrogens is 320 g/mol. The Balaban J connectivity index is 2.15. The van der Waals surface area contributed by atoms with E-state index in [1.54, 1.807) is 25.1 Å². The highest BCUT2D eigenvalue weighted by Crippen LogP contribution is 2.09. The number of hydrogen-bond acceptors (Lipinski definition) is 4. The lowest BCUT2D eigenvalue weighted by atomic mass is 10.1. The molecule has 136 valence electrons. The number of benzene rings is 1. The summed E-state index contributed by atoms with van der Waals surface area (Å²) in [4.78, 5) is 41.3. The predicted molar refractivity (Wildman–Crippen MR) is 99.2 cm³/mol. The maximum absolute atomic E-state index is 12.3. The van der Waals surface area contributed by atoms with Crippen LogP contribution in [0.25, 0.3) is 10.9 Å². The Morgan fingerprint density at radius 2 is 2.04 bits per heavy atom. The first-order valence-corrected chi connectivity index (χ1v) is 8.64. The van der Waals surface area contributed by atoms with Crippen molar-refractivity contribution < 1.29 is 4.79 Å². The van der Waals surface area contributed by atoms with Crippen LogP contribution in [0.5, 0.6) is 0 Å². The van der Waals surface area contributed by atoms with Gasteiger partial charge >= 0.3 is 5.69 Å². The normalized spacial score (nSPS) is 12.5. The molecule has 25 heavy (non-hydrogen) atoms. The molecule has 0 saturated carbocycles. The van der Waals surface area contributed by atoms with E-state index in [-0.39, 0.29) is 11.5 Å². The Morgan fingerprint density at radius 3 is 2.68 bits per heavy atom. The fraction of sp³-hybridized carbons (Fsp3) is 0.500. The third-order valence-corrected chi connectivity index (χ3v) is 4.65. The Hall–Kier alpha value is -2.41. The third kappa shape index (κ3) is 4.17. The molecule has 2 N–H and O–H groups in total. The number of rotatable bonds is 7. The zero-order valence-corrected chi connectivity index (χ0v) is 15.3. The summed E-state index contributed by atoms with van der Waals surface area (Å²) in [6.45, 7) is 7.60. The summed E-state index contributed by atoms with van der Waals surface area (Å²) in [5.74, 6) is -0.222. The molecule has 1 atom stereocenters. The molecule has 0 saturated heterocycles. The van der Waals surface area contributed by atoms with Crippen LogP contribution in [0.15, 0.2) is 27.8 Å². The van der Waals surface area contributed by atoms with Gasteiger partial charge in [0.25, 0.3) is 11.5 Å². The van der Waals surface area contributed by atoms with Gasteiger partial charge in [0, 0.05) is 31.2 Å². The first-order chi connectivity index (χ1) is 11.9. The first kappa shape index (κ1) is 18.9. The summed E-state index contributed by atoms with van der Waals surface area (Å²) < 4.78 is 1.13. The van der Waals surface area contributed by atoms with Crippen LogP contribution >= 0.6 is 0 Å². The molecule has 0 radical (unpaired) electrons. The molecule has 0 aliphatic heterocycles. The Morgan fingerprint density at radius 1 is 1.32 bits per heavy atom. The lowest BCUT2D eigenvalue weighted by Crippen LogP contribution is -2.37. The van der Waals surface area contributed by atoms with Crippen molar-refractivity contribution in [1.82, 2.24) is 19.8 Å². The van der Waals surface area contributed by atoms with Gasteiger partial charge in [-0.2, -0.15) is 0 Å². The highest BCUT2D eigenvalue weighted by atomic mass is 16.2. The topological polar surface area (TPSA) is 87.2 Å². The molecule has 0 unspecified atom stereocenters. The van der Waals surface area contributed by atoms with E-state index in [0.717, 1.165) is 17.5 Å². The van der Waals surface area contributed by atoms with E-state index in [9.17, 15) is 14.4 Å². The molecule has 0 fully saturated rings. The van der Waals surface area contributed by atoms with Crippen molar-refractivity contribution in [3.63, 3.8) is 0 Å². The summed E-state index contributed by atoms with van der Waals surface area (Å²) in [6.07, 6.45) is 1.05. The molecular formula is C18H26N4O3. The molecule has 0 aliphatic carbocycles. The fourth-order valence-electron chi connectivity index (χ4n) is 2.66. The summed E-state index contributed by atoms with van der Waals surface area (Å²) in [5.41, 5.74) is -0.0109. The van der Waals surface area contributed by atoms with E-state index in [1.165, 1.54) is 0 Å². The van der Waals surface area contributed by atoms with Crippen LogP contribution < -0.4 is 16.6 Å². The largest absolute Gasteiger partial charge is 0.351 e. The number of carbonyl (C=O) groups excluding carboxylic acids is 1. The molecule has 1 amide bonds. The number of amides is 1. The lowest BCUT2D eigenvalue weighted by molar-refractivity contribution is 0.0947. The highest BCUT2D eigenvalue weighted by molar-refractivity contribution is 5.97. The van der Waals surface area contributed by atoms with Gasteiger partial charge < -0.3 is 15.2 Å². The van der Waals surface area contributed by atoms with Gasteiger partial charge in [0.2, 0.25) is 0 Å². The zero-order valence-electron chi connectivity index (χ0n) is 15.3. The van der Waals surface area contributed by atoms with E-state index in [1.807, 2.05) is 7.05 Å². The van der Waals surface area contributed by atoms with Crippen molar-refractivity contribution >= 4 is 16.8 Å². The SMILES string of the molecule is CC[C@H](C)N(C)CCNC(=O)c1ccc2c(=O)n(CC)c(=O)[nH]c2c1. The van der Waals surface area contributed by atoms with E-state index in [4.69, 9.17) is 0 Å². The molecule has 0 aliphatic rings. The van der Waals surface area contributed by atoms with Crippen LogP contribution in [-0.2, 0) is 6.54 Å². The van der Waals surface area contributed by atoms with Gasteiger partial charge in [-0.25, -0.2) is 4.79 Å². The van der Waals surface area contributed by atoms with Crippen LogP contribution in [-0.4, -0.2) is 46.5 Å². The van der Waals surface area contributed by atoms with Crippen molar-refractivity contribution in [2.24, 2.45) is 0 Å². The zero-order chi connectivity index (χ0) is 18.6. The van der Waals surface area contributed by atoms with Crippen molar-refractivity contribution in [3.8, 4) is 0 Å². The van der Waals surface area contributed by atoms with Gasteiger partial charge in [-0.15, -0.1) is 0 Å². The molecule has 2 rings (SSSR count). The van der Waals surface area contributed by atoms with Gasteiger partial charge in [-0.3, -0.25) is 14.2 Å². The smallest absolute Gasteiger partial charge is 0.328 e. The van der Waals surface area contributed by atoms with Gasteiger partial charge in [0.1, 0.15) is 0 Å². The minimum absolute atomic E-state index is 0.222. The minimum atomic E-state index is -0.465. The average Bonchev–Trinajstić information content (AvgIpc) is 2.60. The number of likely N-dealkylation sites (N-methyl/N-ethyl adjacent to an activating group) is 1. The third-order valence-electron chi connectivity index (χ3n) is 4.65. The number of H-pyrrole nitrogens is 1. The van der Waals surface area contributed by atoms with Gasteiger partial charge in [-0.05, 0) is 45.5 Å². The molecule has 1 aromatic carbocycles. The Bertz CT molecular complexity index is 869. The van der Waals surface area contributed by atoms with Crippen LogP contribution in [0, 0.1) is 0 Å².